The third kappa shape index (κ3) is 2.93. The Labute approximate surface area is 175 Å². The number of fused-ring (bicyclic) bond motifs is 2. The molecule has 5 rings (SSSR count). The van der Waals surface area contributed by atoms with E-state index >= 15 is 0 Å². The third-order valence-corrected chi connectivity index (χ3v) is 7.98. The Hall–Kier alpha value is -1.22. The lowest BCUT2D eigenvalue weighted by molar-refractivity contribution is 0.651. The number of hydrogen-bond acceptors (Lipinski definition) is 6. The molecule has 0 unspecified atom stereocenters. The molecule has 2 aromatic carbocycles. The normalized spacial score (nSPS) is 15.3. The molecule has 0 saturated carbocycles. The van der Waals surface area contributed by atoms with Crippen LogP contribution in [-0.4, -0.2) is 36.1 Å². The summed E-state index contributed by atoms with van der Waals surface area (Å²) in [7, 11) is 0. The minimum atomic E-state index is 0.967. The van der Waals surface area contributed by atoms with Gasteiger partial charge in [0.25, 0.3) is 0 Å². The van der Waals surface area contributed by atoms with Crippen LogP contribution < -0.4 is 9.80 Å². The van der Waals surface area contributed by atoms with Crippen molar-refractivity contribution in [1.29, 1.82) is 0 Å². The summed E-state index contributed by atoms with van der Waals surface area (Å²) in [6, 6.07) is 12.5. The molecule has 3 heterocycles. The second-order valence-electron chi connectivity index (χ2n) is 6.14. The van der Waals surface area contributed by atoms with Crippen molar-refractivity contribution in [2.45, 2.75) is 0 Å². The van der Waals surface area contributed by atoms with Crippen LogP contribution in [0.2, 0.25) is 0 Å². The molecule has 132 valence electrons. The Bertz CT molecular complexity index is 1010. The first-order chi connectivity index (χ1) is 12.7. The Balaban J connectivity index is 1.36. The summed E-state index contributed by atoms with van der Waals surface area (Å²) < 4.78 is 4.59. The summed E-state index contributed by atoms with van der Waals surface area (Å²) >= 11 is 10.7. The summed E-state index contributed by atoms with van der Waals surface area (Å²) in [4.78, 5) is 14.5. The molecule has 0 atom stereocenters. The smallest absolute Gasteiger partial charge is 0.186 e. The van der Waals surface area contributed by atoms with Gasteiger partial charge in [0.05, 0.1) is 20.4 Å². The van der Waals surface area contributed by atoms with Crippen LogP contribution in [0.5, 0.6) is 0 Å². The predicted molar refractivity (Wildman–Crippen MR) is 119 cm³/mol. The SMILES string of the molecule is Brc1cccc2sc(N3CCN(c4nc5c(Br)cccc5s4)CC3)nc12. The summed E-state index contributed by atoms with van der Waals surface area (Å²) in [5, 5.41) is 2.22. The number of thiazole rings is 2. The average molecular weight is 510 g/mol. The molecule has 0 spiro atoms. The van der Waals surface area contributed by atoms with Crippen molar-refractivity contribution in [3.8, 4) is 0 Å². The minimum Gasteiger partial charge on any atom is -0.345 e. The largest absolute Gasteiger partial charge is 0.345 e. The maximum atomic E-state index is 4.84. The highest BCUT2D eigenvalue weighted by Crippen LogP contribution is 2.35. The number of benzene rings is 2. The maximum absolute atomic E-state index is 4.84. The molecule has 0 N–H and O–H groups in total. The van der Waals surface area contributed by atoms with E-state index in [0.29, 0.717) is 0 Å². The van der Waals surface area contributed by atoms with E-state index in [1.165, 1.54) is 9.40 Å². The number of rotatable bonds is 2. The van der Waals surface area contributed by atoms with E-state index in [1.54, 1.807) is 22.7 Å². The van der Waals surface area contributed by atoms with Gasteiger partial charge in [-0.3, -0.25) is 0 Å². The molecule has 1 saturated heterocycles. The second-order valence-corrected chi connectivity index (χ2v) is 9.87. The highest BCUT2D eigenvalue weighted by molar-refractivity contribution is 9.11. The Morgan fingerprint density at radius 1 is 0.692 bits per heavy atom. The molecule has 0 bridgehead atoms. The number of piperazine rings is 1. The molecule has 2 aromatic heterocycles. The quantitative estimate of drug-likeness (QED) is 0.344. The molecule has 26 heavy (non-hydrogen) atoms. The van der Waals surface area contributed by atoms with Gasteiger partial charge in [0.1, 0.15) is 0 Å². The number of anilines is 2. The van der Waals surface area contributed by atoms with Crippen molar-refractivity contribution in [2.24, 2.45) is 0 Å². The van der Waals surface area contributed by atoms with E-state index < -0.39 is 0 Å². The molecule has 0 amide bonds. The van der Waals surface area contributed by atoms with Gasteiger partial charge in [-0.2, -0.15) is 0 Å². The summed E-state index contributed by atoms with van der Waals surface area (Å²) in [6.07, 6.45) is 0. The van der Waals surface area contributed by atoms with Gasteiger partial charge >= 0.3 is 0 Å². The van der Waals surface area contributed by atoms with E-state index in [4.69, 9.17) is 9.97 Å². The van der Waals surface area contributed by atoms with E-state index in [9.17, 15) is 0 Å². The number of aromatic nitrogens is 2. The molecule has 0 aliphatic carbocycles. The lowest BCUT2D eigenvalue weighted by Gasteiger charge is -2.34. The van der Waals surface area contributed by atoms with Gasteiger partial charge in [-0.25, -0.2) is 9.97 Å². The van der Waals surface area contributed by atoms with Crippen molar-refractivity contribution < 1.29 is 0 Å². The first-order valence-electron chi connectivity index (χ1n) is 8.29. The zero-order valence-electron chi connectivity index (χ0n) is 13.7. The van der Waals surface area contributed by atoms with Crippen molar-refractivity contribution in [2.75, 3.05) is 36.0 Å². The van der Waals surface area contributed by atoms with Crippen molar-refractivity contribution in [3.63, 3.8) is 0 Å². The van der Waals surface area contributed by atoms with Crippen LogP contribution in [0.3, 0.4) is 0 Å². The second kappa shape index (κ2) is 6.74. The van der Waals surface area contributed by atoms with Gasteiger partial charge in [0.15, 0.2) is 10.3 Å². The van der Waals surface area contributed by atoms with Gasteiger partial charge in [-0.1, -0.05) is 34.8 Å². The average Bonchev–Trinajstić information content (AvgIpc) is 3.28. The highest BCUT2D eigenvalue weighted by atomic mass is 79.9. The summed E-state index contributed by atoms with van der Waals surface area (Å²) in [5.41, 5.74) is 2.12. The Morgan fingerprint density at radius 2 is 1.12 bits per heavy atom. The first kappa shape index (κ1) is 16.9. The Kier molecular flexibility index (Phi) is 4.39. The highest BCUT2D eigenvalue weighted by Gasteiger charge is 2.22. The fraction of sp³-hybridized carbons (Fsp3) is 0.222. The summed E-state index contributed by atoms with van der Waals surface area (Å²) in [5.74, 6) is 0. The fourth-order valence-electron chi connectivity index (χ4n) is 3.17. The van der Waals surface area contributed by atoms with Crippen molar-refractivity contribution >= 4 is 85.2 Å². The number of para-hydroxylation sites is 2. The van der Waals surface area contributed by atoms with Crippen LogP contribution in [0.15, 0.2) is 45.3 Å². The molecule has 8 heteroatoms. The van der Waals surface area contributed by atoms with Gasteiger partial charge in [0.2, 0.25) is 0 Å². The molecular formula is C18H14Br2N4S2. The van der Waals surface area contributed by atoms with Gasteiger partial charge in [0, 0.05) is 35.1 Å². The van der Waals surface area contributed by atoms with Crippen molar-refractivity contribution in [1.82, 2.24) is 9.97 Å². The first-order valence-corrected chi connectivity index (χ1v) is 11.5. The maximum Gasteiger partial charge on any atom is 0.186 e. The zero-order valence-corrected chi connectivity index (χ0v) is 18.5. The molecule has 4 aromatic rings. The lowest BCUT2D eigenvalue weighted by Crippen LogP contribution is -2.46. The molecular weight excluding hydrogens is 496 g/mol. The third-order valence-electron chi connectivity index (χ3n) is 4.54. The topological polar surface area (TPSA) is 32.3 Å². The van der Waals surface area contributed by atoms with Crippen molar-refractivity contribution in [3.05, 3.63) is 45.3 Å². The Morgan fingerprint density at radius 3 is 1.50 bits per heavy atom. The molecule has 4 nitrogen and oxygen atoms in total. The molecule has 1 aliphatic rings. The number of hydrogen-bond donors (Lipinski definition) is 0. The number of nitrogens with zero attached hydrogens (tertiary/aromatic N) is 4. The fourth-order valence-corrected chi connectivity index (χ4v) is 6.43. The summed E-state index contributed by atoms with van der Waals surface area (Å²) in [6.45, 7) is 3.87. The van der Waals surface area contributed by atoms with E-state index in [2.05, 4.69) is 78.1 Å². The van der Waals surface area contributed by atoms with E-state index in [0.717, 1.165) is 56.4 Å². The van der Waals surface area contributed by atoms with E-state index in [-0.39, 0.29) is 0 Å². The monoisotopic (exact) mass is 508 g/mol. The molecule has 1 fully saturated rings. The van der Waals surface area contributed by atoms with Crippen LogP contribution in [0.4, 0.5) is 10.3 Å². The van der Waals surface area contributed by atoms with Gasteiger partial charge in [-0.05, 0) is 56.1 Å². The van der Waals surface area contributed by atoms with Crippen LogP contribution >= 0.6 is 54.5 Å². The molecule has 1 aliphatic heterocycles. The van der Waals surface area contributed by atoms with Crippen LogP contribution in [0.25, 0.3) is 20.4 Å². The molecule has 0 radical (unpaired) electrons. The lowest BCUT2D eigenvalue weighted by atomic mass is 10.3. The predicted octanol–water partition coefficient (Wildman–Crippen LogP) is 5.76. The van der Waals surface area contributed by atoms with Crippen LogP contribution in [0.1, 0.15) is 0 Å². The minimum absolute atomic E-state index is 0.967. The zero-order chi connectivity index (χ0) is 17.7. The van der Waals surface area contributed by atoms with Gasteiger partial charge < -0.3 is 9.80 Å². The number of halogens is 2. The van der Waals surface area contributed by atoms with Crippen LogP contribution in [0, 0.1) is 0 Å². The standard InChI is InChI=1S/C18H14Br2N4S2/c19-11-3-1-5-13-15(11)21-17(25-13)23-7-9-24(10-8-23)18-22-16-12(20)4-2-6-14(16)26-18/h1-6H,7-10H2. The van der Waals surface area contributed by atoms with E-state index in [1.807, 2.05) is 0 Å². The van der Waals surface area contributed by atoms with Crippen LogP contribution in [-0.2, 0) is 0 Å². The van der Waals surface area contributed by atoms with Gasteiger partial charge in [-0.15, -0.1) is 0 Å².